The molecular formula is C16H18N4O2. The second-order valence-electron chi connectivity index (χ2n) is 5.42. The number of piperazine rings is 1. The topological polar surface area (TPSA) is 69.3 Å². The van der Waals surface area contributed by atoms with Gasteiger partial charge < -0.3 is 9.80 Å². The molecule has 22 heavy (non-hydrogen) atoms. The monoisotopic (exact) mass is 298 g/mol. The van der Waals surface area contributed by atoms with E-state index in [0.717, 1.165) is 13.1 Å². The molecule has 1 aromatic heterocycles. The highest BCUT2D eigenvalue weighted by Gasteiger charge is 2.23. The molecule has 0 bridgehead atoms. The van der Waals surface area contributed by atoms with E-state index in [0.29, 0.717) is 13.1 Å². The second kappa shape index (κ2) is 6.01. The molecule has 0 aliphatic carbocycles. The Morgan fingerprint density at radius 3 is 2.55 bits per heavy atom. The first-order valence-corrected chi connectivity index (χ1v) is 7.30. The van der Waals surface area contributed by atoms with Gasteiger partial charge >= 0.3 is 0 Å². The summed E-state index contributed by atoms with van der Waals surface area (Å²) in [7, 11) is 0. The number of aromatic nitrogens is 2. The normalized spacial score (nSPS) is 15.0. The van der Waals surface area contributed by atoms with E-state index in [9.17, 15) is 9.59 Å². The predicted octanol–water partition coefficient (Wildman–Crippen LogP) is 1.04. The first-order valence-electron chi connectivity index (χ1n) is 7.30. The molecule has 0 radical (unpaired) electrons. The standard InChI is InChI=1S/C16H18N4O2/c1-12-3-2-4-13(11-12)19-7-9-20(10-8-19)16(22)14-5-6-15(21)18-17-14/h2-6,11H,7-10H2,1H3,(H,18,21). The van der Waals surface area contributed by atoms with Gasteiger partial charge in [-0.3, -0.25) is 9.59 Å². The van der Waals surface area contributed by atoms with Gasteiger partial charge in [-0.1, -0.05) is 12.1 Å². The fourth-order valence-electron chi connectivity index (χ4n) is 2.62. The third-order valence-electron chi connectivity index (χ3n) is 3.83. The van der Waals surface area contributed by atoms with Crippen molar-refractivity contribution in [2.45, 2.75) is 6.92 Å². The van der Waals surface area contributed by atoms with E-state index >= 15 is 0 Å². The zero-order valence-electron chi connectivity index (χ0n) is 12.5. The van der Waals surface area contributed by atoms with Crippen molar-refractivity contribution in [1.82, 2.24) is 15.1 Å². The summed E-state index contributed by atoms with van der Waals surface area (Å²) in [5.74, 6) is -0.139. The Bertz CT molecular complexity index is 712. The van der Waals surface area contributed by atoms with Crippen LogP contribution in [-0.4, -0.2) is 47.2 Å². The molecule has 2 heterocycles. The van der Waals surface area contributed by atoms with Gasteiger partial charge in [0.15, 0.2) is 0 Å². The Balaban J connectivity index is 1.65. The van der Waals surface area contributed by atoms with E-state index in [1.54, 1.807) is 4.90 Å². The van der Waals surface area contributed by atoms with Gasteiger partial charge in [-0.15, -0.1) is 0 Å². The number of nitrogens with zero attached hydrogens (tertiary/aromatic N) is 3. The van der Waals surface area contributed by atoms with Crippen molar-refractivity contribution < 1.29 is 4.79 Å². The molecule has 1 aromatic carbocycles. The fourth-order valence-corrected chi connectivity index (χ4v) is 2.62. The van der Waals surface area contributed by atoms with Crippen LogP contribution in [0.25, 0.3) is 0 Å². The molecule has 1 aliphatic heterocycles. The molecule has 1 amide bonds. The Labute approximate surface area is 128 Å². The summed E-state index contributed by atoms with van der Waals surface area (Å²) >= 11 is 0. The number of benzene rings is 1. The lowest BCUT2D eigenvalue weighted by molar-refractivity contribution is 0.0739. The highest BCUT2D eigenvalue weighted by Crippen LogP contribution is 2.18. The molecule has 2 aromatic rings. The van der Waals surface area contributed by atoms with Crippen molar-refractivity contribution in [2.75, 3.05) is 31.1 Å². The maximum absolute atomic E-state index is 12.3. The molecule has 1 N–H and O–H groups in total. The molecule has 0 spiro atoms. The maximum atomic E-state index is 12.3. The molecule has 0 unspecified atom stereocenters. The van der Waals surface area contributed by atoms with E-state index in [1.165, 1.54) is 23.4 Å². The zero-order valence-corrected chi connectivity index (χ0v) is 12.5. The largest absolute Gasteiger partial charge is 0.368 e. The van der Waals surface area contributed by atoms with E-state index in [1.807, 2.05) is 6.07 Å². The number of carbonyl (C=O) groups excluding carboxylic acids is 1. The molecular weight excluding hydrogens is 280 g/mol. The summed E-state index contributed by atoms with van der Waals surface area (Å²) in [6.45, 7) is 4.95. The van der Waals surface area contributed by atoms with E-state index in [-0.39, 0.29) is 17.2 Å². The number of hydrogen-bond acceptors (Lipinski definition) is 4. The lowest BCUT2D eigenvalue weighted by Gasteiger charge is -2.36. The van der Waals surface area contributed by atoms with Crippen molar-refractivity contribution in [2.24, 2.45) is 0 Å². The lowest BCUT2D eigenvalue weighted by atomic mass is 10.2. The van der Waals surface area contributed by atoms with Crippen LogP contribution in [0.4, 0.5) is 5.69 Å². The summed E-state index contributed by atoms with van der Waals surface area (Å²) in [6, 6.07) is 11.2. The van der Waals surface area contributed by atoms with Crippen LogP contribution in [0.1, 0.15) is 16.1 Å². The Kier molecular flexibility index (Phi) is 3.91. The Morgan fingerprint density at radius 1 is 1.14 bits per heavy atom. The van der Waals surface area contributed by atoms with Gasteiger partial charge in [-0.2, -0.15) is 5.10 Å². The van der Waals surface area contributed by atoms with Crippen LogP contribution in [0, 0.1) is 6.92 Å². The van der Waals surface area contributed by atoms with Crippen LogP contribution in [0.3, 0.4) is 0 Å². The quantitative estimate of drug-likeness (QED) is 0.899. The van der Waals surface area contributed by atoms with Crippen LogP contribution < -0.4 is 10.5 Å². The molecule has 0 atom stereocenters. The molecule has 6 heteroatoms. The lowest BCUT2D eigenvalue weighted by Crippen LogP contribution is -2.49. The van der Waals surface area contributed by atoms with Crippen LogP contribution in [-0.2, 0) is 0 Å². The number of rotatable bonds is 2. The van der Waals surface area contributed by atoms with Crippen molar-refractivity contribution >= 4 is 11.6 Å². The summed E-state index contributed by atoms with van der Waals surface area (Å²) in [6.07, 6.45) is 0. The number of nitrogens with one attached hydrogen (secondary N) is 1. The average Bonchev–Trinajstić information content (AvgIpc) is 2.55. The minimum atomic E-state index is -0.305. The van der Waals surface area contributed by atoms with Gasteiger partial charge in [0.1, 0.15) is 5.69 Å². The molecule has 6 nitrogen and oxygen atoms in total. The number of aryl methyl sites for hydroxylation is 1. The Morgan fingerprint density at radius 2 is 1.91 bits per heavy atom. The maximum Gasteiger partial charge on any atom is 0.274 e. The molecule has 1 saturated heterocycles. The number of H-pyrrole nitrogens is 1. The number of amides is 1. The van der Waals surface area contributed by atoms with Crippen LogP contribution in [0.15, 0.2) is 41.2 Å². The van der Waals surface area contributed by atoms with E-state index in [4.69, 9.17) is 0 Å². The fraction of sp³-hybridized carbons (Fsp3) is 0.312. The van der Waals surface area contributed by atoms with Gasteiger partial charge in [0.2, 0.25) is 0 Å². The zero-order chi connectivity index (χ0) is 15.5. The average molecular weight is 298 g/mol. The minimum Gasteiger partial charge on any atom is -0.368 e. The number of carbonyl (C=O) groups is 1. The number of aromatic amines is 1. The van der Waals surface area contributed by atoms with Crippen molar-refractivity contribution in [3.63, 3.8) is 0 Å². The summed E-state index contributed by atoms with van der Waals surface area (Å²) in [5, 5.41) is 6.10. The van der Waals surface area contributed by atoms with Crippen molar-refractivity contribution in [3.05, 3.63) is 58.0 Å². The number of anilines is 1. The van der Waals surface area contributed by atoms with Gasteiger partial charge in [0.25, 0.3) is 11.5 Å². The minimum absolute atomic E-state index is 0.139. The van der Waals surface area contributed by atoms with E-state index in [2.05, 4.69) is 40.2 Å². The SMILES string of the molecule is Cc1cccc(N2CCN(C(=O)c3ccc(=O)[nH]n3)CC2)c1. The van der Waals surface area contributed by atoms with E-state index < -0.39 is 0 Å². The summed E-state index contributed by atoms with van der Waals surface area (Å²) in [4.78, 5) is 27.4. The third-order valence-corrected chi connectivity index (χ3v) is 3.83. The highest BCUT2D eigenvalue weighted by molar-refractivity contribution is 5.92. The number of hydrogen-bond donors (Lipinski definition) is 1. The third kappa shape index (κ3) is 3.00. The van der Waals surface area contributed by atoms with Crippen molar-refractivity contribution in [3.8, 4) is 0 Å². The molecule has 1 aliphatic rings. The van der Waals surface area contributed by atoms with Gasteiger partial charge in [-0.25, -0.2) is 5.10 Å². The summed E-state index contributed by atoms with van der Waals surface area (Å²) in [5.41, 5.74) is 2.40. The van der Waals surface area contributed by atoms with Crippen molar-refractivity contribution in [1.29, 1.82) is 0 Å². The van der Waals surface area contributed by atoms with Crippen LogP contribution >= 0.6 is 0 Å². The van der Waals surface area contributed by atoms with Gasteiger partial charge in [0.05, 0.1) is 0 Å². The van der Waals surface area contributed by atoms with Crippen LogP contribution in [0.2, 0.25) is 0 Å². The smallest absolute Gasteiger partial charge is 0.274 e. The molecule has 3 rings (SSSR count). The first-order chi connectivity index (χ1) is 10.6. The van der Waals surface area contributed by atoms with Gasteiger partial charge in [0, 0.05) is 37.9 Å². The van der Waals surface area contributed by atoms with Crippen LogP contribution in [0.5, 0.6) is 0 Å². The second-order valence-corrected chi connectivity index (χ2v) is 5.42. The molecule has 0 saturated carbocycles. The van der Waals surface area contributed by atoms with Gasteiger partial charge in [-0.05, 0) is 30.7 Å². The highest BCUT2D eigenvalue weighted by atomic mass is 16.2. The summed E-state index contributed by atoms with van der Waals surface area (Å²) < 4.78 is 0. The Hall–Kier alpha value is -2.63. The molecule has 1 fully saturated rings. The molecule has 114 valence electrons. The first kappa shape index (κ1) is 14.3. The predicted molar refractivity (Wildman–Crippen MR) is 84.2 cm³/mol.